The number of hydrogen-bond acceptors (Lipinski definition) is 7. The van der Waals surface area contributed by atoms with E-state index in [4.69, 9.17) is 14.2 Å². The molecule has 0 aliphatic carbocycles. The molecule has 0 saturated carbocycles. The highest BCUT2D eigenvalue weighted by atomic mass is 16.6. The molecule has 0 aromatic heterocycles. The summed E-state index contributed by atoms with van der Waals surface area (Å²) in [5.74, 6) is -0.458. The minimum atomic E-state index is -1.04. The van der Waals surface area contributed by atoms with Gasteiger partial charge in [-0.2, -0.15) is 0 Å². The van der Waals surface area contributed by atoms with Gasteiger partial charge < -0.3 is 30.0 Å². The van der Waals surface area contributed by atoms with Crippen LogP contribution in [0.4, 0.5) is 4.79 Å². The van der Waals surface area contributed by atoms with Crippen molar-refractivity contribution in [2.24, 2.45) is 0 Å². The Kier molecular flexibility index (Phi) is 9.29. The zero-order chi connectivity index (χ0) is 25.3. The lowest BCUT2D eigenvalue weighted by Crippen LogP contribution is -2.53. The quantitative estimate of drug-likeness (QED) is 0.480. The number of benzene rings is 2. The molecule has 2 atom stereocenters. The van der Waals surface area contributed by atoms with Crippen LogP contribution in [0, 0.1) is 0 Å². The van der Waals surface area contributed by atoms with Gasteiger partial charge in [-0.05, 0) is 56.2 Å². The number of methoxy groups -OCH3 is 2. The number of nitrogens with one attached hydrogen (secondary N) is 2. The number of esters is 1. The molecule has 184 valence electrons. The summed E-state index contributed by atoms with van der Waals surface area (Å²) in [6.45, 7) is 5.14. The van der Waals surface area contributed by atoms with Gasteiger partial charge in [-0.25, -0.2) is 9.59 Å². The van der Waals surface area contributed by atoms with Crippen molar-refractivity contribution in [1.29, 1.82) is 0 Å². The predicted octanol–water partition coefficient (Wildman–Crippen LogP) is 2.74. The third-order valence-corrected chi connectivity index (χ3v) is 4.78. The van der Waals surface area contributed by atoms with Crippen LogP contribution in [0.2, 0.25) is 0 Å². The van der Waals surface area contributed by atoms with Gasteiger partial charge in [0, 0.05) is 12.8 Å². The number of carbonyl (C=O) groups is 3. The van der Waals surface area contributed by atoms with Crippen molar-refractivity contribution in [2.45, 2.75) is 51.3 Å². The molecule has 0 aliphatic heterocycles. The van der Waals surface area contributed by atoms with E-state index >= 15 is 0 Å². The van der Waals surface area contributed by atoms with E-state index in [0.29, 0.717) is 11.3 Å². The van der Waals surface area contributed by atoms with Crippen molar-refractivity contribution in [3.63, 3.8) is 0 Å². The summed E-state index contributed by atoms with van der Waals surface area (Å²) < 4.78 is 15.3. The highest BCUT2D eigenvalue weighted by Gasteiger charge is 2.29. The number of carbonyl (C=O) groups excluding carboxylic acids is 3. The maximum Gasteiger partial charge on any atom is 0.408 e. The van der Waals surface area contributed by atoms with Gasteiger partial charge in [-0.1, -0.05) is 24.3 Å². The lowest BCUT2D eigenvalue weighted by molar-refractivity contribution is -0.145. The Hall–Kier alpha value is -3.75. The Morgan fingerprint density at radius 2 is 1.38 bits per heavy atom. The lowest BCUT2D eigenvalue weighted by atomic mass is 10.0. The first kappa shape index (κ1) is 26.5. The van der Waals surface area contributed by atoms with Gasteiger partial charge in [0.05, 0.1) is 14.2 Å². The number of amides is 2. The van der Waals surface area contributed by atoms with Crippen molar-refractivity contribution in [3.8, 4) is 11.5 Å². The molecular formula is C25H32N2O7. The molecule has 9 heteroatoms. The van der Waals surface area contributed by atoms with Crippen LogP contribution >= 0.6 is 0 Å². The number of aromatic hydroxyl groups is 1. The Labute approximate surface area is 199 Å². The second-order valence-corrected chi connectivity index (χ2v) is 8.71. The van der Waals surface area contributed by atoms with Gasteiger partial charge in [-0.3, -0.25) is 4.79 Å². The van der Waals surface area contributed by atoms with Gasteiger partial charge in [0.2, 0.25) is 5.91 Å². The first-order chi connectivity index (χ1) is 16.0. The third kappa shape index (κ3) is 8.65. The molecule has 0 aliphatic rings. The van der Waals surface area contributed by atoms with E-state index in [1.165, 1.54) is 19.2 Å². The molecule has 34 heavy (non-hydrogen) atoms. The maximum absolute atomic E-state index is 13.2. The molecule has 9 nitrogen and oxygen atoms in total. The smallest absolute Gasteiger partial charge is 0.408 e. The van der Waals surface area contributed by atoms with Crippen molar-refractivity contribution >= 4 is 18.0 Å². The minimum Gasteiger partial charge on any atom is -0.508 e. The fourth-order valence-electron chi connectivity index (χ4n) is 3.13. The van der Waals surface area contributed by atoms with E-state index in [1.54, 1.807) is 64.3 Å². The summed E-state index contributed by atoms with van der Waals surface area (Å²) >= 11 is 0. The van der Waals surface area contributed by atoms with Crippen LogP contribution in [0.15, 0.2) is 48.5 Å². The fourth-order valence-corrected chi connectivity index (χ4v) is 3.13. The van der Waals surface area contributed by atoms with Crippen molar-refractivity contribution in [1.82, 2.24) is 10.6 Å². The van der Waals surface area contributed by atoms with Crippen molar-refractivity contribution in [3.05, 3.63) is 59.7 Å². The molecule has 0 bridgehead atoms. The third-order valence-electron chi connectivity index (χ3n) is 4.78. The number of phenolic OH excluding ortho intramolecular Hbond substituents is 1. The van der Waals surface area contributed by atoms with Crippen LogP contribution in [0.25, 0.3) is 0 Å². The SMILES string of the molecule is COC(=O)[C@H](Cc1ccc(OC)cc1)NC(=O)[C@H](Cc1ccc(O)cc1)NC(=O)OC(C)(C)C. The van der Waals surface area contributed by atoms with Crippen molar-refractivity contribution in [2.75, 3.05) is 14.2 Å². The summed E-state index contributed by atoms with van der Waals surface area (Å²) in [6.07, 6.45) is -0.473. The van der Waals surface area contributed by atoms with E-state index in [0.717, 1.165) is 5.56 Å². The van der Waals surface area contributed by atoms with Crippen LogP contribution in [-0.4, -0.2) is 55.0 Å². The first-order valence-electron chi connectivity index (χ1n) is 10.8. The number of rotatable bonds is 9. The lowest BCUT2D eigenvalue weighted by Gasteiger charge is -2.25. The first-order valence-corrected chi connectivity index (χ1v) is 10.8. The summed E-state index contributed by atoms with van der Waals surface area (Å²) in [7, 11) is 2.79. The molecular weight excluding hydrogens is 440 g/mol. The molecule has 2 aromatic carbocycles. The zero-order valence-electron chi connectivity index (χ0n) is 20.1. The molecule has 2 amide bonds. The monoisotopic (exact) mass is 472 g/mol. The normalized spacial score (nSPS) is 12.7. The average Bonchev–Trinajstić information content (AvgIpc) is 2.78. The molecule has 3 N–H and O–H groups in total. The predicted molar refractivity (Wildman–Crippen MR) is 126 cm³/mol. The molecule has 0 unspecified atom stereocenters. The Morgan fingerprint density at radius 1 is 0.853 bits per heavy atom. The van der Waals surface area contributed by atoms with E-state index < -0.39 is 35.7 Å². The fraction of sp³-hybridized carbons (Fsp3) is 0.400. The Balaban J connectivity index is 2.21. The largest absolute Gasteiger partial charge is 0.508 e. The molecule has 2 aromatic rings. The highest BCUT2D eigenvalue weighted by molar-refractivity contribution is 5.90. The number of hydrogen-bond donors (Lipinski definition) is 3. The minimum absolute atomic E-state index is 0.0788. The van der Waals surface area contributed by atoms with Crippen LogP contribution in [0.5, 0.6) is 11.5 Å². The summed E-state index contributed by atoms with van der Waals surface area (Å²) in [4.78, 5) is 38.0. The number of alkyl carbamates (subject to hydrolysis) is 1. The van der Waals surface area contributed by atoms with Crippen LogP contribution in [-0.2, 0) is 31.9 Å². The Morgan fingerprint density at radius 3 is 1.88 bits per heavy atom. The van der Waals surface area contributed by atoms with Crippen molar-refractivity contribution < 1.29 is 33.7 Å². The van der Waals surface area contributed by atoms with E-state index in [-0.39, 0.29) is 18.6 Å². The van der Waals surface area contributed by atoms with Gasteiger partial charge in [0.25, 0.3) is 0 Å². The standard InChI is InChI=1S/C25H32N2O7/c1-25(2,3)34-24(31)27-20(14-16-6-10-18(28)11-7-16)22(29)26-21(23(30)33-5)15-17-8-12-19(32-4)13-9-17/h6-13,20-21,28H,14-15H2,1-5H3,(H,26,29)(H,27,31)/t20-,21-/m0/s1. The summed E-state index contributed by atoms with van der Waals surface area (Å²) in [5, 5.41) is 14.8. The van der Waals surface area contributed by atoms with Gasteiger partial charge in [0.15, 0.2) is 0 Å². The summed E-state index contributed by atoms with van der Waals surface area (Å²) in [5.41, 5.74) is 0.720. The molecule has 0 saturated heterocycles. The zero-order valence-corrected chi connectivity index (χ0v) is 20.1. The highest BCUT2D eigenvalue weighted by Crippen LogP contribution is 2.15. The van der Waals surface area contributed by atoms with Crippen LogP contribution < -0.4 is 15.4 Å². The van der Waals surface area contributed by atoms with Gasteiger partial charge in [0.1, 0.15) is 29.2 Å². The maximum atomic E-state index is 13.2. The van der Waals surface area contributed by atoms with Gasteiger partial charge in [-0.15, -0.1) is 0 Å². The van der Waals surface area contributed by atoms with Gasteiger partial charge >= 0.3 is 12.1 Å². The molecule has 2 rings (SSSR count). The second-order valence-electron chi connectivity index (χ2n) is 8.71. The Bertz CT molecular complexity index is 966. The number of phenols is 1. The summed E-state index contributed by atoms with van der Waals surface area (Å²) in [6, 6.07) is 11.3. The van der Waals surface area contributed by atoms with Crippen LogP contribution in [0.3, 0.4) is 0 Å². The number of ether oxygens (including phenoxy) is 3. The topological polar surface area (TPSA) is 123 Å². The molecule has 0 fully saturated rings. The van der Waals surface area contributed by atoms with E-state index in [1.807, 2.05) is 0 Å². The molecule has 0 radical (unpaired) electrons. The van der Waals surface area contributed by atoms with E-state index in [2.05, 4.69) is 10.6 Å². The molecule has 0 spiro atoms. The van der Waals surface area contributed by atoms with E-state index in [9.17, 15) is 19.5 Å². The second kappa shape index (κ2) is 11.9. The van der Waals surface area contributed by atoms with Crippen LogP contribution in [0.1, 0.15) is 31.9 Å². The average molecular weight is 473 g/mol. The molecule has 0 heterocycles.